The molecule has 2 heterocycles. The van der Waals surface area contributed by atoms with E-state index in [0.29, 0.717) is 11.5 Å². The van der Waals surface area contributed by atoms with Gasteiger partial charge in [0.25, 0.3) is 0 Å². The molecule has 2 rings (SSSR count). The van der Waals surface area contributed by atoms with Crippen molar-refractivity contribution in [2.24, 2.45) is 0 Å². The van der Waals surface area contributed by atoms with Gasteiger partial charge in [-0.05, 0) is 0 Å². The molecule has 0 aliphatic carbocycles. The minimum absolute atomic E-state index is 0.446. The number of nitrogens with zero attached hydrogens (tertiary/aromatic N) is 4. The molecule has 6 nitrogen and oxygen atoms in total. The quantitative estimate of drug-likeness (QED) is 0.556. The van der Waals surface area contributed by atoms with Crippen LogP contribution in [-0.4, -0.2) is 20.7 Å². The molecule has 0 saturated carbocycles. The summed E-state index contributed by atoms with van der Waals surface area (Å²) in [6.45, 7) is 0. The zero-order valence-electron chi connectivity index (χ0n) is 4.76. The summed E-state index contributed by atoms with van der Waals surface area (Å²) in [6, 6.07) is 0. The first-order chi connectivity index (χ1) is 4.97. The third-order valence-electron chi connectivity index (χ3n) is 0.974. The largest absolute Gasteiger partial charge is 0.345 e. The SMILES string of the molecule is c1onnc1-c1cnno1. The van der Waals surface area contributed by atoms with Gasteiger partial charge in [0.2, 0.25) is 5.76 Å². The summed E-state index contributed by atoms with van der Waals surface area (Å²) in [6.07, 6.45) is 2.78. The van der Waals surface area contributed by atoms with Gasteiger partial charge in [0.1, 0.15) is 6.20 Å². The van der Waals surface area contributed by atoms with Gasteiger partial charge in [0, 0.05) is 10.5 Å². The summed E-state index contributed by atoms with van der Waals surface area (Å²) in [5.74, 6) is 0.446. The van der Waals surface area contributed by atoms with Gasteiger partial charge >= 0.3 is 0 Å². The van der Waals surface area contributed by atoms with Crippen molar-refractivity contribution < 1.29 is 9.05 Å². The van der Waals surface area contributed by atoms with Crippen LogP contribution in [0.15, 0.2) is 21.5 Å². The average molecular weight is 138 g/mol. The molecule has 0 unspecified atom stereocenters. The minimum atomic E-state index is 0.446. The maximum Gasteiger partial charge on any atom is 0.210 e. The Hall–Kier alpha value is -1.72. The van der Waals surface area contributed by atoms with Crippen LogP contribution in [0.4, 0.5) is 0 Å². The second-order valence-electron chi connectivity index (χ2n) is 1.57. The third kappa shape index (κ3) is 0.661. The number of hydrogen-bond acceptors (Lipinski definition) is 6. The average Bonchev–Trinajstić information content (AvgIpc) is 2.59. The molecule has 0 N–H and O–H groups in total. The molecule has 2 aromatic heterocycles. The molecule has 0 fully saturated rings. The Labute approximate surface area is 54.8 Å². The third-order valence-corrected chi connectivity index (χ3v) is 0.974. The van der Waals surface area contributed by atoms with Crippen molar-refractivity contribution >= 4 is 0 Å². The fraction of sp³-hybridized carbons (Fsp3) is 0. The Morgan fingerprint density at radius 1 is 1.30 bits per heavy atom. The van der Waals surface area contributed by atoms with Gasteiger partial charge in [-0.15, -0.1) is 10.2 Å². The molecular weight excluding hydrogens is 136 g/mol. The van der Waals surface area contributed by atoms with Crippen LogP contribution in [0.25, 0.3) is 11.5 Å². The van der Waals surface area contributed by atoms with E-state index < -0.39 is 0 Å². The second kappa shape index (κ2) is 1.90. The van der Waals surface area contributed by atoms with Gasteiger partial charge in [0.15, 0.2) is 12.0 Å². The van der Waals surface area contributed by atoms with Crippen LogP contribution < -0.4 is 0 Å². The fourth-order valence-electron chi connectivity index (χ4n) is 0.552. The Kier molecular flexibility index (Phi) is 0.970. The molecule has 50 valence electrons. The van der Waals surface area contributed by atoms with Crippen molar-refractivity contribution in [3.8, 4) is 11.5 Å². The molecule has 0 aromatic carbocycles. The van der Waals surface area contributed by atoms with Gasteiger partial charge < -0.3 is 9.05 Å². The molecule has 2 aromatic rings. The smallest absolute Gasteiger partial charge is 0.210 e. The van der Waals surface area contributed by atoms with Gasteiger partial charge in [-0.1, -0.05) is 0 Å². The molecule has 0 saturated heterocycles. The van der Waals surface area contributed by atoms with Crippen LogP contribution in [0, 0.1) is 0 Å². The van der Waals surface area contributed by atoms with Crippen molar-refractivity contribution in [3.63, 3.8) is 0 Å². The van der Waals surface area contributed by atoms with Crippen molar-refractivity contribution in [2.45, 2.75) is 0 Å². The molecule has 0 spiro atoms. The van der Waals surface area contributed by atoms with Crippen molar-refractivity contribution in [1.82, 2.24) is 20.7 Å². The van der Waals surface area contributed by atoms with E-state index >= 15 is 0 Å². The van der Waals surface area contributed by atoms with Crippen LogP contribution in [0.2, 0.25) is 0 Å². The zero-order chi connectivity index (χ0) is 6.81. The zero-order valence-corrected chi connectivity index (χ0v) is 4.76. The molecular formula is C4H2N4O2. The summed E-state index contributed by atoms with van der Waals surface area (Å²) in [4.78, 5) is 0. The molecule has 0 radical (unpaired) electrons. The number of hydrogen-bond donors (Lipinski definition) is 0. The first-order valence-electron chi connectivity index (χ1n) is 2.51. The Bertz CT molecular complexity index is 255. The van der Waals surface area contributed by atoms with Crippen LogP contribution in [0.3, 0.4) is 0 Å². The maximum atomic E-state index is 4.65. The van der Waals surface area contributed by atoms with Crippen LogP contribution in [0.5, 0.6) is 0 Å². The lowest BCUT2D eigenvalue weighted by atomic mass is 10.4. The first-order valence-corrected chi connectivity index (χ1v) is 2.51. The number of aromatic nitrogens is 4. The lowest BCUT2D eigenvalue weighted by Gasteiger charge is -1.75. The van der Waals surface area contributed by atoms with Crippen molar-refractivity contribution in [1.29, 1.82) is 0 Å². The van der Waals surface area contributed by atoms with E-state index in [1.54, 1.807) is 0 Å². The minimum Gasteiger partial charge on any atom is -0.345 e. The Morgan fingerprint density at radius 2 is 2.30 bits per heavy atom. The highest BCUT2D eigenvalue weighted by Gasteiger charge is 2.05. The lowest BCUT2D eigenvalue weighted by molar-refractivity contribution is 0.392. The standard InChI is InChI=1S/C4H2N4O2/c1-4(10-7-5-1)3-2-9-8-6-3/h1-2H. The summed E-state index contributed by atoms with van der Waals surface area (Å²) >= 11 is 0. The Morgan fingerprint density at radius 3 is 2.90 bits per heavy atom. The summed E-state index contributed by atoms with van der Waals surface area (Å²) < 4.78 is 9.12. The van der Waals surface area contributed by atoms with E-state index in [1.807, 2.05) is 0 Å². The summed E-state index contributed by atoms with van der Waals surface area (Å²) in [5.41, 5.74) is 0.491. The number of rotatable bonds is 1. The normalized spacial score (nSPS) is 10.0. The highest BCUT2D eigenvalue weighted by atomic mass is 16.5. The molecule has 10 heavy (non-hydrogen) atoms. The van der Waals surface area contributed by atoms with Crippen LogP contribution in [0.1, 0.15) is 0 Å². The van der Waals surface area contributed by atoms with Gasteiger partial charge in [-0.3, -0.25) is 0 Å². The maximum absolute atomic E-state index is 4.65. The predicted molar refractivity (Wildman–Crippen MR) is 27.6 cm³/mol. The van der Waals surface area contributed by atoms with E-state index in [1.165, 1.54) is 12.5 Å². The first kappa shape index (κ1) is 5.10. The highest BCUT2D eigenvalue weighted by Crippen LogP contribution is 2.11. The molecule has 0 aliphatic rings. The monoisotopic (exact) mass is 138 g/mol. The van der Waals surface area contributed by atoms with E-state index in [0.717, 1.165) is 0 Å². The van der Waals surface area contributed by atoms with E-state index in [-0.39, 0.29) is 0 Å². The molecule has 0 atom stereocenters. The van der Waals surface area contributed by atoms with E-state index in [9.17, 15) is 0 Å². The lowest BCUT2D eigenvalue weighted by Crippen LogP contribution is -1.71. The van der Waals surface area contributed by atoms with E-state index in [4.69, 9.17) is 0 Å². The predicted octanol–water partition coefficient (Wildman–Crippen LogP) is 0.120. The topological polar surface area (TPSA) is 77.8 Å². The van der Waals surface area contributed by atoms with Crippen molar-refractivity contribution in [2.75, 3.05) is 0 Å². The molecule has 0 aliphatic heterocycles. The van der Waals surface area contributed by atoms with Crippen LogP contribution >= 0.6 is 0 Å². The van der Waals surface area contributed by atoms with Gasteiger partial charge in [-0.25, -0.2) is 0 Å². The highest BCUT2D eigenvalue weighted by molar-refractivity contribution is 5.45. The molecule has 0 amide bonds. The van der Waals surface area contributed by atoms with Gasteiger partial charge in [0.05, 0.1) is 0 Å². The summed E-state index contributed by atoms with van der Waals surface area (Å²) in [7, 11) is 0. The van der Waals surface area contributed by atoms with Crippen LogP contribution in [-0.2, 0) is 0 Å². The Balaban J connectivity index is 2.48. The van der Waals surface area contributed by atoms with Crippen molar-refractivity contribution in [3.05, 3.63) is 12.5 Å². The second-order valence-corrected chi connectivity index (χ2v) is 1.57. The molecule has 0 bridgehead atoms. The summed E-state index contributed by atoms with van der Waals surface area (Å²) in [5, 5.41) is 13.5. The molecule has 6 heteroatoms. The van der Waals surface area contributed by atoms with Gasteiger partial charge in [-0.2, -0.15) is 0 Å². The van der Waals surface area contributed by atoms with E-state index in [2.05, 4.69) is 29.8 Å². The fourth-order valence-corrected chi connectivity index (χ4v) is 0.552.